The van der Waals surface area contributed by atoms with Gasteiger partial charge in [0.2, 0.25) is 17.2 Å². The van der Waals surface area contributed by atoms with E-state index in [2.05, 4.69) is 20.2 Å². The van der Waals surface area contributed by atoms with Crippen LogP contribution in [0.5, 0.6) is 0 Å². The number of oxime groups is 1. The molecule has 0 radical (unpaired) electrons. The van der Waals surface area contributed by atoms with Gasteiger partial charge in [-0.2, -0.15) is 0 Å². The van der Waals surface area contributed by atoms with E-state index in [1.807, 2.05) is 0 Å². The number of amides is 1. The Hall–Kier alpha value is -2.20. The fourth-order valence-corrected chi connectivity index (χ4v) is 2.01. The fraction of sp³-hybridized carbons (Fsp3) is 0.417. The number of methoxy groups -OCH3 is 1. The topological polar surface area (TPSA) is 127 Å². The number of aliphatic carboxylic acids is 1. The average molecular weight is 364 g/mol. The highest BCUT2D eigenvalue weighted by atomic mass is 35.5. The van der Waals surface area contributed by atoms with Gasteiger partial charge in [0, 0.05) is 5.38 Å². The lowest BCUT2D eigenvalue weighted by molar-refractivity contribution is -0.165. The quantitative estimate of drug-likeness (QED) is 0.321. The normalized spacial score (nSPS) is 11.7. The maximum absolute atomic E-state index is 11.5. The first kappa shape index (κ1) is 18.8. The van der Waals surface area contributed by atoms with Crippen molar-refractivity contribution in [2.75, 3.05) is 18.3 Å². The molecule has 0 aliphatic heterocycles. The highest BCUT2D eigenvalue weighted by Gasteiger charge is 2.32. The molecule has 1 rings (SSSR count). The summed E-state index contributed by atoms with van der Waals surface area (Å²) in [5.74, 6) is -2.87. The number of anilines is 1. The van der Waals surface area contributed by atoms with Crippen LogP contribution in [0.2, 0.25) is 0 Å². The van der Waals surface area contributed by atoms with Crippen molar-refractivity contribution < 1.29 is 29.1 Å². The number of carbonyl (C=O) groups excluding carboxylic acids is 2. The first-order valence-corrected chi connectivity index (χ1v) is 7.52. The van der Waals surface area contributed by atoms with Gasteiger partial charge in [-0.05, 0) is 13.8 Å². The summed E-state index contributed by atoms with van der Waals surface area (Å²) >= 11 is 6.34. The minimum absolute atomic E-state index is 0.0342. The first-order chi connectivity index (χ1) is 10.7. The van der Waals surface area contributed by atoms with Crippen LogP contribution in [0.15, 0.2) is 10.5 Å². The van der Waals surface area contributed by atoms with Gasteiger partial charge in [-0.25, -0.2) is 14.6 Å². The van der Waals surface area contributed by atoms with Crippen molar-refractivity contribution >= 4 is 51.6 Å². The zero-order chi connectivity index (χ0) is 17.6. The third kappa shape index (κ3) is 5.18. The molecule has 1 aromatic heterocycles. The molecule has 0 saturated carbocycles. The monoisotopic (exact) mass is 363 g/mol. The number of hydrogen-bond acceptors (Lipinski definition) is 8. The number of alkyl halides is 1. The Labute approximate surface area is 140 Å². The first-order valence-electron chi connectivity index (χ1n) is 6.11. The number of carbonyl (C=O) groups is 3. The van der Waals surface area contributed by atoms with Crippen LogP contribution >= 0.6 is 22.9 Å². The van der Waals surface area contributed by atoms with Crippen molar-refractivity contribution in [3.05, 3.63) is 11.1 Å². The Bertz CT molecular complexity index is 642. The number of halogens is 1. The molecular weight excluding hydrogens is 350 g/mol. The van der Waals surface area contributed by atoms with Crippen LogP contribution in [0.25, 0.3) is 0 Å². The van der Waals surface area contributed by atoms with E-state index in [1.54, 1.807) is 0 Å². The zero-order valence-corrected chi connectivity index (χ0v) is 14.0. The van der Waals surface area contributed by atoms with E-state index in [0.717, 1.165) is 11.3 Å². The summed E-state index contributed by atoms with van der Waals surface area (Å²) in [6.45, 7) is 2.74. The Balaban J connectivity index is 2.99. The standard InChI is InChI=1S/C12H14ClN3O6S/c1-12(2,10(20)21-3)22-16-8(9(18)19)6-5-23-11(14-6)15-7(17)4-13/h5H,4H2,1-3H3,(H,18,19)(H,14,15,17). The molecule has 0 aromatic carbocycles. The number of esters is 1. The molecule has 0 saturated heterocycles. The van der Waals surface area contributed by atoms with E-state index in [4.69, 9.17) is 16.4 Å². The zero-order valence-electron chi connectivity index (χ0n) is 12.5. The number of carboxylic acid groups (broad SMARTS) is 1. The second-order valence-electron chi connectivity index (χ2n) is 4.56. The SMILES string of the molecule is COC(=O)C(C)(C)ON=C(C(=O)O)c1csc(NC(=O)CCl)n1. The fourth-order valence-electron chi connectivity index (χ4n) is 1.23. The Kier molecular flexibility index (Phi) is 6.46. The minimum atomic E-state index is -1.47. The van der Waals surface area contributed by atoms with Crippen molar-refractivity contribution in [2.24, 2.45) is 5.16 Å². The lowest BCUT2D eigenvalue weighted by Gasteiger charge is -2.18. The lowest BCUT2D eigenvalue weighted by atomic mass is 10.1. The Morgan fingerprint density at radius 3 is 2.65 bits per heavy atom. The molecule has 1 aromatic rings. The van der Waals surface area contributed by atoms with Crippen molar-refractivity contribution in [2.45, 2.75) is 19.4 Å². The van der Waals surface area contributed by atoms with Crippen molar-refractivity contribution in [1.82, 2.24) is 4.98 Å². The number of hydrogen-bond donors (Lipinski definition) is 2. The molecule has 9 nitrogen and oxygen atoms in total. The summed E-state index contributed by atoms with van der Waals surface area (Å²) in [5.41, 5.74) is -2.03. The Morgan fingerprint density at radius 1 is 1.48 bits per heavy atom. The van der Waals surface area contributed by atoms with E-state index < -0.39 is 29.2 Å². The second-order valence-corrected chi connectivity index (χ2v) is 5.68. The summed E-state index contributed by atoms with van der Waals surface area (Å²) in [6.07, 6.45) is 0. The summed E-state index contributed by atoms with van der Waals surface area (Å²) in [7, 11) is 1.17. The number of aromatic nitrogens is 1. The molecule has 0 atom stereocenters. The molecule has 1 heterocycles. The van der Waals surface area contributed by atoms with Crippen LogP contribution < -0.4 is 5.32 Å². The molecule has 2 N–H and O–H groups in total. The molecule has 0 unspecified atom stereocenters. The van der Waals surface area contributed by atoms with Crippen molar-refractivity contribution in [1.29, 1.82) is 0 Å². The van der Waals surface area contributed by atoms with E-state index >= 15 is 0 Å². The van der Waals surface area contributed by atoms with E-state index in [-0.39, 0.29) is 16.7 Å². The van der Waals surface area contributed by atoms with Crippen LogP contribution in [0.3, 0.4) is 0 Å². The van der Waals surface area contributed by atoms with Gasteiger partial charge < -0.3 is 20.0 Å². The minimum Gasteiger partial charge on any atom is -0.476 e. The summed E-state index contributed by atoms with van der Waals surface area (Å²) in [5, 5.41) is 16.6. The van der Waals surface area contributed by atoms with E-state index in [9.17, 15) is 19.5 Å². The third-order valence-electron chi connectivity index (χ3n) is 2.36. The Morgan fingerprint density at radius 2 is 2.13 bits per heavy atom. The van der Waals surface area contributed by atoms with Gasteiger partial charge in [-0.3, -0.25) is 4.79 Å². The third-order valence-corrected chi connectivity index (χ3v) is 3.36. The molecule has 0 spiro atoms. The van der Waals surface area contributed by atoms with Crippen LogP contribution in [0.1, 0.15) is 19.5 Å². The highest BCUT2D eigenvalue weighted by molar-refractivity contribution is 7.14. The summed E-state index contributed by atoms with van der Waals surface area (Å²) in [4.78, 5) is 42.8. The molecule has 0 aliphatic rings. The lowest BCUT2D eigenvalue weighted by Crippen LogP contribution is -2.35. The number of ether oxygens (including phenoxy) is 1. The maximum atomic E-state index is 11.5. The number of thiazole rings is 1. The summed E-state index contributed by atoms with van der Waals surface area (Å²) in [6, 6.07) is 0. The van der Waals surface area contributed by atoms with Gasteiger partial charge in [-0.1, -0.05) is 5.16 Å². The number of rotatable bonds is 7. The maximum Gasteiger partial charge on any atom is 0.360 e. The smallest absolute Gasteiger partial charge is 0.360 e. The number of nitrogens with zero attached hydrogens (tertiary/aromatic N) is 2. The molecule has 0 aliphatic carbocycles. The van der Waals surface area contributed by atoms with Crippen LogP contribution in [0, 0.1) is 0 Å². The largest absolute Gasteiger partial charge is 0.476 e. The van der Waals surface area contributed by atoms with E-state index in [0.29, 0.717) is 0 Å². The molecule has 11 heteroatoms. The highest BCUT2D eigenvalue weighted by Crippen LogP contribution is 2.18. The van der Waals surface area contributed by atoms with Gasteiger partial charge in [0.15, 0.2) is 5.13 Å². The molecular formula is C12H14ClN3O6S. The van der Waals surface area contributed by atoms with Gasteiger partial charge >= 0.3 is 11.9 Å². The van der Waals surface area contributed by atoms with Crippen molar-refractivity contribution in [3.63, 3.8) is 0 Å². The summed E-state index contributed by atoms with van der Waals surface area (Å²) < 4.78 is 4.52. The molecule has 23 heavy (non-hydrogen) atoms. The van der Waals surface area contributed by atoms with Gasteiger partial charge in [0.1, 0.15) is 11.6 Å². The van der Waals surface area contributed by atoms with Crippen molar-refractivity contribution in [3.8, 4) is 0 Å². The number of nitrogens with one attached hydrogen (secondary N) is 1. The van der Waals surface area contributed by atoms with Crippen LogP contribution in [-0.4, -0.2) is 52.2 Å². The molecule has 0 fully saturated rings. The van der Waals surface area contributed by atoms with Gasteiger partial charge in [0.05, 0.1) is 7.11 Å². The predicted octanol–water partition coefficient (Wildman–Crippen LogP) is 1.08. The van der Waals surface area contributed by atoms with Crippen LogP contribution in [0.4, 0.5) is 5.13 Å². The molecule has 1 amide bonds. The van der Waals surface area contributed by atoms with Gasteiger partial charge in [0.25, 0.3) is 0 Å². The van der Waals surface area contributed by atoms with Gasteiger partial charge in [-0.15, -0.1) is 22.9 Å². The average Bonchev–Trinajstić information content (AvgIpc) is 2.93. The second kappa shape index (κ2) is 7.88. The van der Waals surface area contributed by atoms with Crippen LogP contribution in [-0.2, 0) is 24.0 Å². The predicted molar refractivity (Wildman–Crippen MR) is 82.8 cm³/mol. The molecule has 126 valence electrons. The van der Waals surface area contributed by atoms with E-state index in [1.165, 1.54) is 26.3 Å². The number of carboxylic acids is 1. The molecule has 0 bridgehead atoms.